The van der Waals surface area contributed by atoms with E-state index in [2.05, 4.69) is 21.4 Å². The SMILES string of the molecule is CCS(=O)(=O)CCCC(NN)c1cccc(Br)c1C. The first-order valence-corrected chi connectivity index (χ1v) is 8.94. The number of nitrogens with two attached hydrogens (primary N) is 1. The van der Waals surface area contributed by atoms with Gasteiger partial charge in [-0.15, -0.1) is 0 Å². The molecule has 0 saturated heterocycles. The number of hydrogen-bond acceptors (Lipinski definition) is 4. The molecule has 1 aromatic rings. The molecule has 19 heavy (non-hydrogen) atoms. The van der Waals surface area contributed by atoms with Gasteiger partial charge in [-0.2, -0.15) is 0 Å². The van der Waals surface area contributed by atoms with Crippen molar-refractivity contribution in [3.05, 3.63) is 33.8 Å². The Bertz CT molecular complexity index is 517. The minimum absolute atomic E-state index is 0.0236. The maximum absolute atomic E-state index is 11.5. The van der Waals surface area contributed by atoms with Gasteiger partial charge in [0.2, 0.25) is 0 Å². The lowest BCUT2D eigenvalue weighted by Gasteiger charge is -2.19. The Balaban J connectivity index is 2.71. The number of hydrazine groups is 1. The van der Waals surface area contributed by atoms with Crippen molar-refractivity contribution < 1.29 is 8.42 Å². The summed E-state index contributed by atoms with van der Waals surface area (Å²) in [7, 11) is -2.90. The third kappa shape index (κ3) is 4.87. The normalized spacial score (nSPS) is 13.5. The van der Waals surface area contributed by atoms with E-state index in [9.17, 15) is 8.42 Å². The molecule has 0 heterocycles. The smallest absolute Gasteiger partial charge is 0.150 e. The molecular weight excluding hydrogens is 328 g/mol. The summed E-state index contributed by atoms with van der Waals surface area (Å²) in [5.41, 5.74) is 5.01. The van der Waals surface area contributed by atoms with Crippen molar-refractivity contribution >= 4 is 25.8 Å². The fourth-order valence-electron chi connectivity index (χ4n) is 1.98. The molecule has 108 valence electrons. The maximum atomic E-state index is 11.5. The van der Waals surface area contributed by atoms with Crippen molar-refractivity contribution in [2.75, 3.05) is 11.5 Å². The van der Waals surface area contributed by atoms with E-state index >= 15 is 0 Å². The predicted octanol–water partition coefficient (Wildman–Crippen LogP) is 2.48. The summed E-state index contributed by atoms with van der Waals surface area (Å²) < 4.78 is 24.0. The summed E-state index contributed by atoms with van der Waals surface area (Å²) in [6, 6.07) is 5.93. The molecule has 1 rings (SSSR count). The second-order valence-corrected chi connectivity index (χ2v) is 7.88. The highest BCUT2D eigenvalue weighted by atomic mass is 79.9. The van der Waals surface area contributed by atoms with Crippen LogP contribution in [0.5, 0.6) is 0 Å². The Labute approximate surface area is 123 Å². The topological polar surface area (TPSA) is 72.2 Å². The van der Waals surface area contributed by atoms with Gasteiger partial charge in [0.25, 0.3) is 0 Å². The van der Waals surface area contributed by atoms with E-state index in [0.29, 0.717) is 12.8 Å². The lowest BCUT2D eigenvalue weighted by atomic mass is 9.98. The molecule has 0 aliphatic rings. The monoisotopic (exact) mass is 348 g/mol. The second-order valence-electron chi connectivity index (χ2n) is 4.55. The molecular formula is C13H21BrN2O2S. The molecule has 0 aromatic heterocycles. The average Bonchev–Trinajstić information content (AvgIpc) is 2.38. The van der Waals surface area contributed by atoms with Crippen LogP contribution in [0.25, 0.3) is 0 Å². The molecule has 0 fully saturated rings. The zero-order valence-electron chi connectivity index (χ0n) is 11.3. The summed E-state index contributed by atoms with van der Waals surface area (Å²) in [5, 5.41) is 0. The van der Waals surface area contributed by atoms with Crippen LogP contribution < -0.4 is 11.3 Å². The molecule has 1 aromatic carbocycles. The minimum Gasteiger partial charge on any atom is -0.271 e. The highest BCUT2D eigenvalue weighted by Gasteiger charge is 2.15. The number of halogens is 1. The Morgan fingerprint density at radius 1 is 1.42 bits per heavy atom. The highest BCUT2D eigenvalue weighted by Crippen LogP contribution is 2.26. The van der Waals surface area contributed by atoms with Gasteiger partial charge in [-0.1, -0.05) is 35.0 Å². The van der Waals surface area contributed by atoms with Gasteiger partial charge in [0.15, 0.2) is 0 Å². The molecule has 0 amide bonds. The van der Waals surface area contributed by atoms with Crippen molar-refractivity contribution in [3.8, 4) is 0 Å². The zero-order valence-corrected chi connectivity index (χ0v) is 13.7. The van der Waals surface area contributed by atoms with Crippen LogP contribution in [0.15, 0.2) is 22.7 Å². The fraction of sp³-hybridized carbons (Fsp3) is 0.538. The number of sulfone groups is 1. The molecule has 4 nitrogen and oxygen atoms in total. The Kier molecular flexibility index (Phi) is 6.46. The molecule has 0 saturated carbocycles. The van der Waals surface area contributed by atoms with Gasteiger partial charge in [-0.25, -0.2) is 8.42 Å². The quantitative estimate of drug-likeness (QED) is 0.586. The van der Waals surface area contributed by atoms with Gasteiger partial charge in [-0.05, 0) is 37.0 Å². The fourth-order valence-corrected chi connectivity index (χ4v) is 3.26. The summed E-state index contributed by atoms with van der Waals surface area (Å²) >= 11 is 3.49. The van der Waals surface area contributed by atoms with E-state index in [0.717, 1.165) is 15.6 Å². The number of nitrogens with one attached hydrogen (secondary N) is 1. The van der Waals surface area contributed by atoms with Crippen LogP contribution in [0.1, 0.15) is 36.9 Å². The van der Waals surface area contributed by atoms with Gasteiger partial charge in [0.05, 0.1) is 5.75 Å². The van der Waals surface area contributed by atoms with Crippen LogP contribution in [0.3, 0.4) is 0 Å². The van der Waals surface area contributed by atoms with Gasteiger partial charge in [0.1, 0.15) is 9.84 Å². The van der Waals surface area contributed by atoms with Crippen LogP contribution in [-0.2, 0) is 9.84 Å². The van der Waals surface area contributed by atoms with E-state index in [1.165, 1.54) is 0 Å². The van der Waals surface area contributed by atoms with Crippen LogP contribution in [-0.4, -0.2) is 19.9 Å². The predicted molar refractivity (Wildman–Crippen MR) is 82.5 cm³/mol. The van der Waals surface area contributed by atoms with Gasteiger partial charge in [-0.3, -0.25) is 11.3 Å². The van der Waals surface area contributed by atoms with Crippen molar-refractivity contribution in [1.82, 2.24) is 5.43 Å². The molecule has 0 aliphatic carbocycles. The first kappa shape index (κ1) is 16.6. The van der Waals surface area contributed by atoms with Crippen LogP contribution in [0, 0.1) is 6.92 Å². The zero-order chi connectivity index (χ0) is 14.5. The van der Waals surface area contributed by atoms with Crippen LogP contribution in [0.4, 0.5) is 0 Å². The second kappa shape index (κ2) is 7.38. The van der Waals surface area contributed by atoms with E-state index in [1.54, 1.807) is 6.92 Å². The number of benzene rings is 1. The molecule has 3 N–H and O–H groups in total. The van der Waals surface area contributed by atoms with E-state index in [1.807, 2.05) is 25.1 Å². The molecule has 0 spiro atoms. The van der Waals surface area contributed by atoms with E-state index in [4.69, 9.17) is 5.84 Å². The molecule has 0 aliphatic heterocycles. The Morgan fingerprint density at radius 2 is 2.11 bits per heavy atom. The maximum Gasteiger partial charge on any atom is 0.150 e. The summed E-state index contributed by atoms with van der Waals surface area (Å²) in [6.45, 7) is 3.69. The van der Waals surface area contributed by atoms with E-state index in [-0.39, 0.29) is 17.5 Å². The van der Waals surface area contributed by atoms with Gasteiger partial charge < -0.3 is 0 Å². The first-order chi connectivity index (χ1) is 8.91. The van der Waals surface area contributed by atoms with Crippen molar-refractivity contribution in [3.63, 3.8) is 0 Å². The summed E-state index contributed by atoms with van der Waals surface area (Å²) in [6.07, 6.45) is 1.31. The highest BCUT2D eigenvalue weighted by molar-refractivity contribution is 9.10. The van der Waals surface area contributed by atoms with Crippen LogP contribution >= 0.6 is 15.9 Å². The lowest BCUT2D eigenvalue weighted by Crippen LogP contribution is -2.29. The van der Waals surface area contributed by atoms with Gasteiger partial charge in [0, 0.05) is 16.3 Å². The van der Waals surface area contributed by atoms with Gasteiger partial charge >= 0.3 is 0 Å². The van der Waals surface area contributed by atoms with Crippen molar-refractivity contribution in [2.24, 2.45) is 5.84 Å². The van der Waals surface area contributed by atoms with E-state index < -0.39 is 9.84 Å². The Morgan fingerprint density at radius 3 is 2.68 bits per heavy atom. The standard InChI is InChI=1S/C13H21BrN2O2S/c1-3-19(17,18)9-5-8-13(16-15)11-6-4-7-12(14)10(11)2/h4,6-7,13,16H,3,5,8-9,15H2,1-2H3. The Hall–Kier alpha value is -0.430. The summed E-state index contributed by atoms with van der Waals surface area (Å²) in [4.78, 5) is 0. The largest absolute Gasteiger partial charge is 0.271 e. The molecule has 1 unspecified atom stereocenters. The third-order valence-electron chi connectivity index (χ3n) is 3.27. The molecule has 1 atom stereocenters. The lowest BCUT2D eigenvalue weighted by molar-refractivity contribution is 0.505. The molecule has 6 heteroatoms. The average molecular weight is 349 g/mol. The third-order valence-corrected chi connectivity index (χ3v) is 5.92. The molecule has 0 bridgehead atoms. The number of hydrogen-bond donors (Lipinski definition) is 2. The first-order valence-electron chi connectivity index (χ1n) is 6.33. The minimum atomic E-state index is -2.90. The molecule has 0 radical (unpaired) electrons. The summed E-state index contributed by atoms with van der Waals surface area (Å²) in [5.74, 6) is 6.01. The van der Waals surface area contributed by atoms with Crippen LogP contribution in [0.2, 0.25) is 0 Å². The van der Waals surface area contributed by atoms with Crippen molar-refractivity contribution in [1.29, 1.82) is 0 Å². The number of rotatable bonds is 7. The van der Waals surface area contributed by atoms with Crippen molar-refractivity contribution in [2.45, 2.75) is 32.7 Å².